The lowest BCUT2D eigenvalue weighted by Crippen LogP contribution is -2.39. The van der Waals surface area contributed by atoms with E-state index in [-0.39, 0.29) is 11.9 Å². The molecule has 1 aromatic heterocycles. The highest BCUT2D eigenvalue weighted by molar-refractivity contribution is 8.13. The van der Waals surface area contributed by atoms with Crippen molar-refractivity contribution in [3.05, 3.63) is 58.7 Å². The second-order valence-electron chi connectivity index (χ2n) is 6.34. The maximum absolute atomic E-state index is 12.7. The molecule has 1 aliphatic heterocycles. The van der Waals surface area contributed by atoms with Gasteiger partial charge in [-0.15, -0.1) is 0 Å². The third kappa shape index (κ3) is 4.63. The number of nitrogens with one attached hydrogen (secondary N) is 3. The van der Waals surface area contributed by atoms with Crippen LogP contribution in [0.15, 0.2) is 47.6 Å². The van der Waals surface area contributed by atoms with Crippen LogP contribution in [0.5, 0.6) is 0 Å². The van der Waals surface area contributed by atoms with E-state index in [2.05, 4.69) is 22.5 Å². The second-order valence-corrected chi connectivity index (χ2v) is 7.86. The summed E-state index contributed by atoms with van der Waals surface area (Å²) in [4.78, 5) is 21.6. The number of pyridine rings is 1. The third-order valence-corrected chi connectivity index (χ3v) is 5.63. The van der Waals surface area contributed by atoms with Gasteiger partial charge in [-0.05, 0) is 42.7 Å². The Morgan fingerprint density at radius 1 is 1.36 bits per heavy atom. The first kappa shape index (κ1) is 20.2. The normalized spacial score (nSPS) is 18.9. The summed E-state index contributed by atoms with van der Waals surface area (Å²) in [5.74, 6) is 0.892. The number of anilines is 1. The lowest BCUT2D eigenvalue weighted by molar-refractivity contribution is 0.102. The number of nitrogens with two attached hydrogens (primary N) is 1. The SMILES string of the molecule is CCC1(c2cccc(C(=O)Nc3ccc(Cl)cn3)c2)CCSC(NC(=N)N)=N1. The van der Waals surface area contributed by atoms with Crippen LogP contribution in [-0.4, -0.2) is 27.8 Å². The van der Waals surface area contributed by atoms with Crippen LogP contribution in [0, 0.1) is 5.41 Å². The molecule has 146 valence electrons. The van der Waals surface area contributed by atoms with Crippen LogP contribution >= 0.6 is 23.4 Å². The van der Waals surface area contributed by atoms with Crippen molar-refractivity contribution >= 4 is 46.2 Å². The van der Waals surface area contributed by atoms with E-state index in [9.17, 15) is 4.79 Å². The minimum atomic E-state index is -0.460. The number of hydrogen-bond acceptors (Lipinski definition) is 5. The predicted octanol–water partition coefficient (Wildman–Crippen LogP) is 3.57. The van der Waals surface area contributed by atoms with Crippen LogP contribution < -0.4 is 16.4 Å². The van der Waals surface area contributed by atoms with Crippen LogP contribution in [0.2, 0.25) is 5.02 Å². The fourth-order valence-corrected chi connectivity index (χ4v) is 4.20. The highest BCUT2D eigenvalue weighted by atomic mass is 35.5. The van der Waals surface area contributed by atoms with E-state index in [1.807, 2.05) is 18.2 Å². The summed E-state index contributed by atoms with van der Waals surface area (Å²) in [6.45, 7) is 2.06. The minimum Gasteiger partial charge on any atom is -0.370 e. The van der Waals surface area contributed by atoms with Gasteiger partial charge in [-0.25, -0.2) is 4.98 Å². The van der Waals surface area contributed by atoms with Crippen LogP contribution in [0.1, 0.15) is 35.7 Å². The maximum atomic E-state index is 12.7. The van der Waals surface area contributed by atoms with Crippen molar-refractivity contribution in [3.8, 4) is 0 Å². The highest BCUT2D eigenvalue weighted by Crippen LogP contribution is 2.39. The predicted molar refractivity (Wildman–Crippen MR) is 115 cm³/mol. The average Bonchev–Trinajstić information content (AvgIpc) is 2.69. The average molecular weight is 417 g/mol. The van der Waals surface area contributed by atoms with Crippen molar-refractivity contribution in [3.63, 3.8) is 0 Å². The zero-order valence-corrected chi connectivity index (χ0v) is 16.9. The van der Waals surface area contributed by atoms with Gasteiger partial charge < -0.3 is 16.4 Å². The van der Waals surface area contributed by atoms with E-state index < -0.39 is 5.54 Å². The van der Waals surface area contributed by atoms with Crippen molar-refractivity contribution in [2.24, 2.45) is 10.7 Å². The first-order valence-corrected chi connectivity index (χ1v) is 10.2. The summed E-state index contributed by atoms with van der Waals surface area (Å²) in [5.41, 5.74) is 6.47. The fraction of sp³-hybridized carbons (Fsp3) is 0.263. The number of aromatic nitrogens is 1. The fourth-order valence-electron chi connectivity index (χ4n) is 3.04. The molecule has 1 aromatic carbocycles. The number of nitrogens with zero attached hydrogens (tertiary/aromatic N) is 2. The topological polar surface area (TPSA) is 116 Å². The molecular weight excluding hydrogens is 396 g/mol. The highest BCUT2D eigenvalue weighted by Gasteiger charge is 2.34. The molecule has 1 aliphatic rings. The third-order valence-electron chi connectivity index (χ3n) is 4.53. The molecule has 0 spiro atoms. The molecule has 9 heteroatoms. The summed E-state index contributed by atoms with van der Waals surface area (Å²) >= 11 is 7.37. The van der Waals surface area contributed by atoms with Crippen LogP contribution in [0.25, 0.3) is 0 Å². The molecule has 3 rings (SSSR count). The molecule has 0 aliphatic carbocycles. The van der Waals surface area contributed by atoms with Gasteiger partial charge in [0.15, 0.2) is 11.1 Å². The molecule has 1 atom stereocenters. The number of halogens is 1. The van der Waals surface area contributed by atoms with Gasteiger partial charge in [0, 0.05) is 17.5 Å². The molecule has 28 heavy (non-hydrogen) atoms. The number of aliphatic imine (C=N–C) groups is 1. The Morgan fingerprint density at radius 3 is 2.86 bits per heavy atom. The number of guanidine groups is 1. The van der Waals surface area contributed by atoms with Crippen molar-refractivity contribution in [1.82, 2.24) is 10.3 Å². The zero-order valence-electron chi connectivity index (χ0n) is 15.3. The van der Waals surface area contributed by atoms with Crippen molar-refractivity contribution < 1.29 is 4.79 Å². The summed E-state index contributed by atoms with van der Waals surface area (Å²) in [6.07, 6.45) is 3.08. The monoisotopic (exact) mass is 416 g/mol. The zero-order chi connectivity index (χ0) is 20.1. The van der Waals surface area contributed by atoms with Crippen LogP contribution in [0.3, 0.4) is 0 Å². The summed E-state index contributed by atoms with van der Waals surface area (Å²) in [6, 6.07) is 10.8. The first-order valence-electron chi connectivity index (χ1n) is 8.79. The van der Waals surface area contributed by atoms with Crippen molar-refractivity contribution in [2.75, 3.05) is 11.1 Å². The molecule has 2 heterocycles. The van der Waals surface area contributed by atoms with Gasteiger partial charge in [-0.1, -0.05) is 42.4 Å². The molecule has 1 unspecified atom stereocenters. The summed E-state index contributed by atoms with van der Waals surface area (Å²) < 4.78 is 0. The largest absolute Gasteiger partial charge is 0.370 e. The number of rotatable bonds is 4. The van der Waals surface area contributed by atoms with E-state index >= 15 is 0 Å². The standard InChI is InChI=1S/C19H21ClN6OS/c1-2-19(8-9-28-18(26-19)25-17(21)22)13-5-3-4-12(10-13)16(27)24-15-7-6-14(20)11-23-15/h3-7,10-11H,2,8-9H2,1H3,(H,23,24,27)(H4,21,22,25,26). The van der Waals surface area contributed by atoms with E-state index in [1.54, 1.807) is 18.2 Å². The van der Waals surface area contributed by atoms with E-state index in [1.165, 1.54) is 18.0 Å². The quantitative estimate of drug-likeness (QED) is 0.449. The van der Waals surface area contributed by atoms with Gasteiger partial charge in [0.25, 0.3) is 5.91 Å². The molecule has 5 N–H and O–H groups in total. The van der Waals surface area contributed by atoms with Crippen LogP contribution in [0.4, 0.5) is 5.82 Å². The Bertz CT molecular complexity index is 917. The lowest BCUT2D eigenvalue weighted by Gasteiger charge is -2.33. The maximum Gasteiger partial charge on any atom is 0.256 e. The number of amidine groups is 1. The molecule has 1 amide bonds. The number of benzene rings is 1. The van der Waals surface area contributed by atoms with E-state index in [0.717, 1.165) is 24.2 Å². The Hall–Kier alpha value is -2.58. The van der Waals surface area contributed by atoms with Gasteiger partial charge in [0.1, 0.15) is 5.82 Å². The van der Waals surface area contributed by atoms with Crippen molar-refractivity contribution in [1.29, 1.82) is 5.41 Å². The Morgan fingerprint density at radius 2 is 2.18 bits per heavy atom. The number of thioether (sulfide) groups is 1. The Kier molecular flexibility index (Phi) is 6.21. The molecule has 0 saturated carbocycles. The molecule has 7 nitrogen and oxygen atoms in total. The summed E-state index contributed by atoms with van der Waals surface area (Å²) in [5, 5.41) is 14.1. The Labute approximate surface area is 172 Å². The second kappa shape index (κ2) is 8.62. The van der Waals surface area contributed by atoms with E-state index in [4.69, 9.17) is 27.7 Å². The van der Waals surface area contributed by atoms with E-state index in [0.29, 0.717) is 21.6 Å². The molecule has 0 saturated heterocycles. The molecular formula is C19H21ClN6OS. The van der Waals surface area contributed by atoms with Gasteiger partial charge in [-0.2, -0.15) is 0 Å². The molecule has 0 fully saturated rings. The number of hydrogen-bond donors (Lipinski definition) is 4. The molecule has 0 radical (unpaired) electrons. The van der Waals surface area contributed by atoms with Crippen LogP contribution in [-0.2, 0) is 5.54 Å². The van der Waals surface area contributed by atoms with Gasteiger partial charge in [0.2, 0.25) is 0 Å². The number of carbonyl (C=O) groups excluding carboxylic acids is 1. The first-order chi connectivity index (χ1) is 13.4. The van der Waals surface area contributed by atoms with Gasteiger partial charge >= 0.3 is 0 Å². The lowest BCUT2D eigenvalue weighted by atomic mass is 9.84. The van der Waals surface area contributed by atoms with Crippen molar-refractivity contribution in [2.45, 2.75) is 25.3 Å². The van der Waals surface area contributed by atoms with Gasteiger partial charge in [-0.3, -0.25) is 15.2 Å². The smallest absolute Gasteiger partial charge is 0.256 e. The summed E-state index contributed by atoms with van der Waals surface area (Å²) in [7, 11) is 0. The number of amides is 1. The minimum absolute atomic E-state index is 0.137. The molecule has 0 bridgehead atoms. The molecule has 2 aromatic rings. The Balaban J connectivity index is 1.87. The number of carbonyl (C=O) groups is 1. The van der Waals surface area contributed by atoms with Gasteiger partial charge in [0.05, 0.1) is 10.6 Å².